The maximum atomic E-state index is 5.05. The van der Waals surface area contributed by atoms with Crippen molar-refractivity contribution in [2.45, 2.75) is 0 Å². The van der Waals surface area contributed by atoms with E-state index in [-0.39, 0.29) is 0 Å². The standard InChI is InChI=1S/C52H35N7/c1-4-14-36(15-5-1)37-24-30-44(31-25-37)59-51(40-26-32-42(33-27-40)57-47-22-12-10-20-45(47)53-49(57)38-16-6-2-7-17-38)55-56-52(59)41-28-34-43(35-29-41)58-48-23-13-11-21-46(48)54-50(58)39-18-8-3-9-19-39/h1-35H. The number of hydrogen-bond donors (Lipinski definition) is 0. The highest BCUT2D eigenvalue weighted by atomic mass is 15.3. The molecule has 0 saturated carbocycles. The van der Waals surface area contributed by atoms with Gasteiger partial charge in [-0.3, -0.25) is 13.7 Å². The van der Waals surface area contributed by atoms with E-state index in [0.717, 1.165) is 90.2 Å². The summed E-state index contributed by atoms with van der Waals surface area (Å²) in [6.07, 6.45) is 0. The molecule has 0 spiro atoms. The minimum Gasteiger partial charge on any atom is -0.292 e. The second kappa shape index (κ2) is 14.4. The molecule has 7 heteroatoms. The summed E-state index contributed by atoms with van der Waals surface area (Å²) < 4.78 is 6.60. The third-order valence-corrected chi connectivity index (χ3v) is 10.8. The zero-order valence-corrected chi connectivity index (χ0v) is 31.8. The molecule has 0 radical (unpaired) electrons. The Morgan fingerprint density at radius 2 is 0.542 bits per heavy atom. The molecule has 278 valence electrons. The molecule has 59 heavy (non-hydrogen) atoms. The van der Waals surface area contributed by atoms with E-state index >= 15 is 0 Å². The maximum Gasteiger partial charge on any atom is 0.168 e. The van der Waals surface area contributed by atoms with Gasteiger partial charge in [-0.05, 0) is 96.1 Å². The minimum atomic E-state index is 0.744. The lowest BCUT2D eigenvalue weighted by Gasteiger charge is -2.14. The lowest BCUT2D eigenvalue weighted by molar-refractivity contribution is 1.07. The summed E-state index contributed by atoms with van der Waals surface area (Å²) in [4.78, 5) is 10.1. The first kappa shape index (κ1) is 34.1. The predicted molar refractivity (Wildman–Crippen MR) is 238 cm³/mol. The van der Waals surface area contributed by atoms with E-state index in [1.165, 1.54) is 5.56 Å². The van der Waals surface area contributed by atoms with Crippen molar-refractivity contribution < 1.29 is 0 Å². The van der Waals surface area contributed by atoms with Crippen molar-refractivity contribution >= 4 is 22.1 Å². The van der Waals surface area contributed by atoms with Crippen molar-refractivity contribution in [2.75, 3.05) is 0 Å². The van der Waals surface area contributed by atoms with Gasteiger partial charge in [0.05, 0.1) is 22.1 Å². The summed E-state index contributed by atoms with van der Waals surface area (Å²) in [5, 5.41) is 9.75. The molecule has 0 amide bonds. The van der Waals surface area contributed by atoms with Gasteiger partial charge in [0.2, 0.25) is 0 Å². The van der Waals surface area contributed by atoms with Crippen LogP contribution in [0.5, 0.6) is 0 Å². The highest BCUT2D eigenvalue weighted by molar-refractivity contribution is 5.85. The highest BCUT2D eigenvalue weighted by Crippen LogP contribution is 2.35. The van der Waals surface area contributed by atoms with E-state index in [1.54, 1.807) is 0 Å². The van der Waals surface area contributed by atoms with Crippen molar-refractivity contribution in [3.05, 3.63) is 212 Å². The Labute approximate surface area is 340 Å². The van der Waals surface area contributed by atoms with Crippen LogP contribution >= 0.6 is 0 Å². The lowest BCUT2D eigenvalue weighted by atomic mass is 10.1. The second-order valence-electron chi connectivity index (χ2n) is 14.4. The molecule has 0 aliphatic rings. The molecule has 0 unspecified atom stereocenters. The smallest absolute Gasteiger partial charge is 0.168 e. The molecule has 0 atom stereocenters. The summed E-state index contributed by atoms with van der Waals surface area (Å²) in [7, 11) is 0. The van der Waals surface area contributed by atoms with Crippen LogP contribution in [0, 0.1) is 0 Å². The fraction of sp³-hybridized carbons (Fsp3) is 0. The van der Waals surface area contributed by atoms with Crippen molar-refractivity contribution in [3.8, 4) is 73.7 Å². The summed E-state index contributed by atoms with van der Waals surface area (Å²) in [6.45, 7) is 0. The molecule has 3 aromatic heterocycles. The van der Waals surface area contributed by atoms with Gasteiger partial charge in [-0.1, -0.05) is 127 Å². The summed E-state index contributed by atoms with van der Waals surface area (Å²) in [6, 6.07) is 73.3. The molecule has 0 aliphatic heterocycles. The first-order valence-corrected chi connectivity index (χ1v) is 19.7. The Morgan fingerprint density at radius 3 is 0.966 bits per heavy atom. The van der Waals surface area contributed by atoms with E-state index < -0.39 is 0 Å². The lowest BCUT2D eigenvalue weighted by Crippen LogP contribution is -2.02. The molecule has 0 aliphatic carbocycles. The zero-order valence-electron chi connectivity index (χ0n) is 31.8. The number of fused-ring (bicyclic) bond motifs is 2. The third-order valence-electron chi connectivity index (χ3n) is 10.8. The molecule has 11 rings (SSSR count). The van der Waals surface area contributed by atoms with Crippen LogP contribution in [0.1, 0.15) is 0 Å². The van der Waals surface area contributed by atoms with Crippen molar-refractivity contribution in [1.82, 2.24) is 33.9 Å². The van der Waals surface area contributed by atoms with Crippen LogP contribution in [0.15, 0.2) is 212 Å². The Bertz CT molecular complexity index is 3040. The molecule has 11 aromatic rings. The summed E-state index contributed by atoms with van der Waals surface area (Å²) >= 11 is 0. The fourth-order valence-electron chi connectivity index (χ4n) is 7.99. The van der Waals surface area contributed by atoms with Crippen LogP contribution in [0.4, 0.5) is 0 Å². The highest BCUT2D eigenvalue weighted by Gasteiger charge is 2.20. The molecule has 0 saturated heterocycles. The van der Waals surface area contributed by atoms with Gasteiger partial charge in [0.25, 0.3) is 0 Å². The van der Waals surface area contributed by atoms with Gasteiger partial charge in [-0.15, -0.1) is 10.2 Å². The first-order valence-electron chi connectivity index (χ1n) is 19.7. The maximum absolute atomic E-state index is 5.05. The van der Waals surface area contributed by atoms with Crippen molar-refractivity contribution in [1.29, 1.82) is 0 Å². The number of aromatic nitrogens is 7. The van der Waals surface area contributed by atoms with Crippen molar-refractivity contribution in [2.24, 2.45) is 0 Å². The molecular weight excluding hydrogens is 723 g/mol. The number of hydrogen-bond acceptors (Lipinski definition) is 4. The van der Waals surface area contributed by atoms with Gasteiger partial charge in [-0.2, -0.15) is 0 Å². The SMILES string of the molecule is c1ccc(-c2ccc(-n3c(-c4ccc(-n5c(-c6ccccc6)nc6ccccc65)cc4)nnc3-c3ccc(-n4c(-c5ccccc5)nc5ccccc54)cc3)cc2)cc1. The Morgan fingerprint density at radius 1 is 0.237 bits per heavy atom. The van der Waals surface area contributed by atoms with Gasteiger partial charge in [-0.25, -0.2) is 9.97 Å². The van der Waals surface area contributed by atoms with E-state index in [9.17, 15) is 0 Å². The Balaban J connectivity index is 1.02. The van der Waals surface area contributed by atoms with Gasteiger partial charge in [0.15, 0.2) is 11.6 Å². The number of para-hydroxylation sites is 4. The van der Waals surface area contributed by atoms with Gasteiger partial charge in [0, 0.05) is 39.3 Å². The summed E-state index contributed by atoms with van der Waals surface area (Å²) in [5.74, 6) is 3.28. The van der Waals surface area contributed by atoms with E-state index in [1.807, 2.05) is 54.6 Å². The fourth-order valence-corrected chi connectivity index (χ4v) is 7.99. The third kappa shape index (κ3) is 6.09. The monoisotopic (exact) mass is 757 g/mol. The van der Waals surface area contributed by atoms with Crippen LogP contribution in [0.3, 0.4) is 0 Å². The molecule has 3 heterocycles. The topological polar surface area (TPSA) is 66.3 Å². The normalized spacial score (nSPS) is 11.4. The average Bonchev–Trinajstić information content (AvgIpc) is 4.05. The quantitative estimate of drug-likeness (QED) is 0.155. The number of benzene rings is 8. The van der Waals surface area contributed by atoms with Gasteiger partial charge >= 0.3 is 0 Å². The number of imidazole rings is 2. The van der Waals surface area contributed by atoms with Crippen LogP contribution in [0.2, 0.25) is 0 Å². The molecular formula is C52H35N7. The largest absolute Gasteiger partial charge is 0.292 e. The predicted octanol–water partition coefficient (Wildman–Crippen LogP) is 12.3. The van der Waals surface area contributed by atoms with E-state index in [4.69, 9.17) is 20.2 Å². The van der Waals surface area contributed by atoms with Crippen LogP contribution < -0.4 is 0 Å². The molecule has 8 aromatic carbocycles. The van der Waals surface area contributed by atoms with Crippen molar-refractivity contribution in [3.63, 3.8) is 0 Å². The molecule has 7 nitrogen and oxygen atoms in total. The molecule has 0 bridgehead atoms. The van der Waals surface area contributed by atoms with Crippen LogP contribution in [-0.2, 0) is 0 Å². The molecule has 0 fully saturated rings. The number of rotatable bonds is 8. The Kier molecular flexibility index (Phi) is 8.33. The second-order valence-corrected chi connectivity index (χ2v) is 14.4. The average molecular weight is 758 g/mol. The zero-order chi connectivity index (χ0) is 39.1. The van der Waals surface area contributed by atoms with Gasteiger partial charge in [0.1, 0.15) is 11.6 Å². The molecule has 0 N–H and O–H groups in total. The first-order chi connectivity index (χ1) is 29.3. The van der Waals surface area contributed by atoms with Crippen LogP contribution in [-0.4, -0.2) is 33.9 Å². The van der Waals surface area contributed by atoms with E-state index in [2.05, 4.69) is 171 Å². The van der Waals surface area contributed by atoms with E-state index in [0.29, 0.717) is 0 Å². The minimum absolute atomic E-state index is 0.744. The Hall–Kier alpha value is -8.16. The van der Waals surface area contributed by atoms with Crippen LogP contribution in [0.25, 0.3) is 95.8 Å². The van der Waals surface area contributed by atoms with Gasteiger partial charge < -0.3 is 0 Å². The summed E-state index contributed by atoms with van der Waals surface area (Å²) in [5.41, 5.74) is 13.3. The number of nitrogens with zero attached hydrogens (tertiary/aromatic N) is 7.